The van der Waals surface area contributed by atoms with Crippen LogP contribution >= 0.6 is 0 Å². The van der Waals surface area contributed by atoms with E-state index in [-0.39, 0.29) is 0 Å². The number of hydrogen-bond donors (Lipinski definition) is 0. The van der Waals surface area contributed by atoms with E-state index in [1.807, 2.05) is 6.07 Å². The molecule has 0 N–H and O–H groups in total. The van der Waals surface area contributed by atoms with E-state index < -0.39 is 0 Å². The summed E-state index contributed by atoms with van der Waals surface area (Å²) in [6.07, 6.45) is 6.31. The quantitative estimate of drug-likeness (QED) is 0.480. The Morgan fingerprint density at radius 2 is 2.42 bits per heavy atom. The first kappa shape index (κ1) is 8.84. The maximum absolute atomic E-state index is 9.76. The monoisotopic (exact) mass is 168 g/mol. The summed E-state index contributed by atoms with van der Waals surface area (Å²) in [5, 5.41) is 0. The van der Waals surface area contributed by atoms with Gasteiger partial charge >= 0.3 is 0 Å². The second kappa shape index (κ2) is 5.41. The maximum Gasteiger partial charge on any atom is 0.293 e. The molecule has 0 saturated heterocycles. The zero-order valence-electron chi connectivity index (χ0n) is 6.86. The molecular weight excluding hydrogens is 156 g/mol. The lowest BCUT2D eigenvalue weighted by atomic mass is 10.1. The van der Waals surface area contributed by atoms with Crippen LogP contribution in [0.1, 0.15) is 18.4 Å². The van der Waals surface area contributed by atoms with Crippen molar-refractivity contribution in [3.8, 4) is 0 Å². The third-order valence-electron chi connectivity index (χ3n) is 1.63. The fourth-order valence-corrected chi connectivity index (χ4v) is 0.998. The van der Waals surface area contributed by atoms with Gasteiger partial charge in [0.15, 0.2) is 0 Å². The van der Waals surface area contributed by atoms with Crippen molar-refractivity contribution in [2.45, 2.75) is 19.3 Å². The number of rotatable bonds is 6. The minimum absolute atomic E-state index is 0.484. The predicted octanol–water partition coefficient (Wildman–Crippen LogP) is 1.78. The van der Waals surface area contributed by atoms with Gasteiger partial charge in [-0.2, -0.15) is 0 Å². The van der Waals surface area contributed by atoms with E-state index in [0.717, 1.165) is 19.3 Å². The van der Waals surface area contributed by atoms with Gasteiger partial charge in [-0.3, -0.25) is 4.79 Å². The van der Waals surface area contributed by atoms with Crippen LogP contribution in [0.25, 0.3) is 0 Å². The molecule has 0 unspecified atom stereocenters. The molecule has 0 spiro atoms. The summed E-state index contributed by atoms with van der Waals surface area (Å²) in [6.45, 7) is 0.999. The molecule has 1 aromatic heterocycles. The summed E-state index contributed by atoms with van der Waals surface area (Å²) >= 11 is 0. The van der Waals surface area contributed by atoms with Crippen molar-refractivity contribution in [1.29, 1.82) is 0 Å². The molecule has 0 fully saturated rings. The molecule has 3 heteroatoms. The number of furan rings is 1. The summed E-state index contributed by atoms with van der Waals surface area (Å²) in [6, 6.07) is 1.95. The first-order chi connectivity index (χ1) is 5.93. The van der Waals surface area contributed by atoms with Crippen molar-refractivity contribution < 1.29 is 13.9 Å². The number of ether oxygens (including phenoxy) is 1. The second-order valence-corrected chi connectivity index (χ2v) is 2.56. The standard InChI is InChI=1S/C9H12O3/c10-8-12-5-2-1-3-9-4-6-11-7-9/h4,6-8H,1-3,5H2. The van der Waals surface area contributed by atoms with Crippen molar-refractivity contribution in [3.63, 3.8) is 0 Å². The van der Waals surface area contributed by atoms with Crippen LogP contribution in [-0.4, -0.2) is 13.1 Å². The Balaban J connectivity index is 2.00. The van der Waals surface area contributed by atoms with E-state index in [0.29, 0.717) is 13.1 Å². The number of unbranched alkanes of at least 4 members (excludes halogenated alkanes) is 1. The van der Waals surface area contributed by atoms with E-state index in [1.165, 1.54) is 5.56 Å². The van der Waals surface area contributed by atoms with Crippen molar-refractivity contribution in [2.24, 2.45) is 0 Å². The Morgan fingerprint density at radius 3 is 3.08 bits per heavy atom. The summed E-state index contributed by atoms with van der Waals surface area (Å²) in [7, 11) is 0. The van der Waals surface area contributed by atoms with Crippen molar-refractivity contribution >= 4 is 6.47 Å². The molecule has 0 saturated carbocycles. The summed E-state index contributed by atoms with van der Waals surface area (Å²) < 4.78 is 9.45. The van der Waals surface area contributed by atoms with E-state index in [9.17, 15) is 4.79 Å². The van der Waals surface area contributed by atoms with Gasteiger partial charge < -0.3 is 9.15 Å². The second-order valence-electron chi connectivity index (χ2n) is 2.56. The van der Waals surface area contributed by atoms with Crippen molar-refractivity contribution in [3.05, 3.63) is 24.2 Å². The van der Waals surface area contributed by atoms with Gasteiger partial charge in [0.1, 0.15) is 0 Å². The number of carbonyl (C=O) groups excluding carboxylic acids is 1. The topological polar surface area (TPSA) is 39.4 Å². The molecule has 1 rings (SSSR count). The van der Waals surface area contributed by atoms with Gasteiger partial charge in [-0.25, -0.2) is 0 Å². The smallest absolute Gasteiger partial charge is 0.293 e. The Morgan fingerprint density at radius 1 is 1.50 bits per heavy atom. The fourth-order valence-electron chi connectivity index (χ4n) is 0.998. The van der Waals surface area contributed by atoms with E-state index >= 15 is 0 Å². The lowest BCUT2D eigenvalue weighted by molar-refractivity contribution is -0.128. The van der Waals surface area contributed by atoms with E-state index in [1.54, 1.807) is 12.5 Å². The zero-order valence-corrected chi connectivity index (χ0v) is 6.86. The minimum atomic E-state index is 0.484. The van der Waals surface area contributed by atoms with E-state index in [2.05, 4.69) is 4.74 Å². The number of hydrogen-bond acceptors (Lipinski definition) is 3. The molecule has 0 radical (unpaired) electrons. The number of carbonyl (C=O) groups is 1. The summed E-state index contributed by atoms with van der Waals surface area (Å²) in [5.74, 6) is 0. The van der Waals surface area contributed by atoms with Gasteiger partial charge in [0.2, 0.25) is 0 Å². The average molecular weight is 168 g/mol. The number of aryl methyl sites for hydroxylation is 1. The van der Waals surface area contributed by atoms with Gasteiger partial charge in [-0.05, 0) is 30.9 Å². The molecule has 0 aliphatic carbocycles. The Labute approximate surface area is 71.3 Å². The highest BCUT2D eigenvalue weighted by molar-refractivity contribution is 5.36. The SMILES string of the molecule is O=COCCCCc1ccoc1. The fraction of sp³-hybridized carbons (Fsp3) is 0.444. The third-order valence-corrected chi connectivity index (χ3v) is 1.63. The first-order valence-electron chi connectivity index (χ1n) is 4.00. The molecule has 0 amide bonds. The van der Waals surface area contributed by atoms with Gasteiger partial charge in [0, 0.05) is 0 Å². The Kier molecular flexibility index (Phi) is 3.98. The van der Waals surface area contributed by atoms with Gasteiger partial charge in [-0.1, -0.05) is 0 Å². The molecule has 0 aromatic carbocycles. The Hall–Kier alpha value is -1.25. The van der Waals surface area contributed by atoms with E-state index in [4.69, 9.17) is 4.42 Å². The predicted molar refractivity (Wildman–Crippen MR) is 43.7 cm³/mol. The first-order valence-corrected chi connectivity index (χ1v) is 4.00. The van der Waals surface area contributed by atoms with Crippen LogP contribution in [0.3, 0.4) is 0 Å². The van der Waals surface area contributed by atoms with Gasteiger partial charge in [0.25, 0.3) is 6.47 Å². The molecule has 3 nitrogen and oxygen atoms in total. The van der Waals surface area contributed by atoms with Crippen molar-refractivity contribution in [2.75, 3.05) is 6.61 Å². The molecule has 12 heavy (non-hydrogen) atoms. The average Bonchev–Trinajstić information content (AvgIpc) is 2.57. The Bertz CT molecular complexity index is 204. The van der Waals surface area contributed by atoms with Crippen LogP contribution in [0.5, 0.6) is 0 Å². The molecule has 66 valence electrons. The molecule has 0 atom stereocenters. The molecule has 0 bridgehead atoms. The molecule has 0 aliphatic rings. The maximum atomic E-state index is 9.76. The highest BCUT2D eigenvalue weighted by atomic mass is 16.5. The highest BCUT2D eigenvalue weighted by Crippen LogP contribution is 2.04. The zero-order chi connectivity index (χ0) is 8.65. The normalized spacial score (nSPS) is 9.67. The van der Waals surface area contributed by atoms with Crippen molar-refractivity contribution in [1.82, 2.24) is 0 Å². The molecular formula is C9H12O3. The molecule has 1 heterocycles. The van der Waals surface area contributed by atoms with Crippen LogP contribution in [0.4, 0.5) is 0 Å². The van der Waals surface area contributed by atoms with Crippen LogP contribution in [0.15, 0.2) is 23.0 Å². The van der Waals surface area contributed by atoms with Gasteiger partial charge in [-0.15, -0.1) is 0 Å². The lowest BCUT2D eigenvalue weighted by Gasteiger charge is -1.96. The summed E-state index contributed by atoms with van der Waals surface area (Å²) in [5.41, 5.74) is 1.20. The van der Waals surface area contributed by atoms with Gasteiger partial charge in [0.05, 0.1) is 19.1 Å². The highest BCUT2D eigenvalue weighted by Gasteiger charge is 1.93. The van der Waals surface area contributed by atoms with Crippen LogP contribution < -0.4 is 0 Å². The van der Waals surface area contributed by atoms with Crippen LogP contribution in [0, 0.1) is 0 Å². The lowest BCUT2D eigenvalue weighted by Crippen LogP contribution is -1.92. The summed E-state index contributed by atoms with van der Waals surface area (Å²) in [4.78, 5) is 9.76. The van der Waals surface area contributed by atoms with Crippen LogP contribution in [0.2, 0.25) is 0 Å². The minimum Gasteiger partial charge on any atom is -0.472 e. The third kappa shape index (κ3) is 3.23. The molecule has 1 aromatic rings. The largest absolute Gasteiger partial charge is 0.472 e. The molecule has 0 aliphatic heterocycles. The van der Waals surface area contributed by atoms with Crippen LogP contribution in [-0.2, 0) is 16.0 Å².